The highest BCUT2D eigenvalue weighted by atomic mass is 19.1. The molecule has 2 amide bonds. The minimum atomic E-state index is -0.998. The van der Waals surface area contributed by atoms with E-state index in [4.69, 9.17) is 0 Å². The largest absolute Gasteiger partial charge is 0.351 e. The number of carbonyl (C=O) groups excluding carboxylic acids is 2. The van der Waals surface area contributed by atoms with Gasteiger partial charge in [0.2, 0.25) is 5.91 Å². The van der Waals surface area contributed by atoms with Gasteiger partial charge in [-0.05, 0) is 49.1 Å². The van der Waals surface area contributed by atoms with Gasteiger partial charge in [0.1, 0.15) is 11.4 Å². The molecule has 1 fully saturated rings. The minimum Gasteiger partial charge on any atom is -0.351 e. The molecule has 4 rings (SSSR count). The Balaban J connectivity index is 1.62. The summed E-state index contributed by atoms with van der Waals surface area (Å²) in [6.45, 7) is 2.13. The van der Waals surface area contributed by atoms with Crippen LogP contribution in [0.2, 0.25) is 0 Å². The van der Waals surface area contributed by atoms with Crippen LogP contribution in [-0.4, -0.2) is 28.3 Å². The first-order chi connectivity index (χ1) is 15.0. The Hall–Kier alpha value is -2.69. The van der Waals surface area contributed by atoms with Crippen molar-refractivity contribution in [2.45, 2.75) is 76.4 Å². The lowest BCUT2D eigenvalue weighted by atomic mass is 9.82. The quantitative estimate of drug-likeness (QED) is 0.753. The van der Waals surface area contributed by atoms with Gasteiger partial charge in [-0.25, -0.2) is 4.39 Å². The molecular formula is C26H31FN2O2. The number of rotatable bonds is 4. The third-order valence-electron chi connectivity index (χ3n) is 6.81. The molecule has 5 heteroatoms. The van der Waals surface area contributed by atoms with Gasteiger partial charge in [-0.15, -0.1) is 0 Å². The van der Waals surface area contributed by atoms with E-state index in [1.807, 2.05) is 31.2 Å². The van der Waals surface area contributed by atoms with E-state index >= 15 is 0 Å². The van der Waals surface area contributed by atoms with E-state index in [1.54, 1.807) is 17.0 Å². The van der Waals surface area contributed by atoms with Crippen molar-refractivity contribution in [1.29, 1.82) is 0 Å². The molecule has 0 radical (unpaired) electrons. The maximum Gasteiger partial charge on any atom is 0.255 e. The fourth-order valence-electron chi connectivity index (χ4n) is 4.88. The van der Waals surface area contributed by atoms with Crippen molar-refractivity contribution in [2.75, 3.05) is 0 Å². The van der Waals surface area contributed by atoms with Crippen molar-refractivity contribution in [3.8, 4) is 0 Å². The van der Waals surface area contributed by atoms with Crippen LogP contribution < -0.4 is 5.32 Å². The number of fused-ring (bicyclic) bond motifs is 1. The second-order valence-corrected chi connectivity index (χ2v) is 9.14. The molecule has 1 heterocycles. The van der Waals surface area contributed by atoms with Gasteiger partial charge in [-0.3, -0.25) is 9.59 Å². The van der Waals surface area contributed by atoms with Crippen molar-refractivity contribution < 1.29 is 14.0 Å². The maximum absolute atomic E-state index is 13.6. The van der Waals surface area contributed by atoms with Crippen LogP contribution >= 0.6 is 0 Å². The van der Waals surface area contributed by atoms with Gasteiger partial charge in [-0.2, -0.15) is 0 Å². The Bertz CT molecular complexity index is 935. The highest BCUT2D eigenvalue weighted by Crippen LogP contribution is 2.33. The zero-order valence-corrected chi connectivity index (χ0v) is 18.2. The zero-order valence-electron chi connectivity index (χ0n) is 18.2. The molecule has 2 aromatic carbocycles. The number of nitrogens with one attached hydrogen (secondary N) is 1. The zero-order chi connectivity index (χ0) is 21.8. The summed E-state index contributed by atoms with van der Waals surface area (Å²) in [5, 5.41) is 3.28. The molecule has 1 N–H and O–H groups in total. The number of nitrogens with zero attached hydrogens (tertiary/aromatic N) is 1. The van der Waals surface area contributed by atoms with Crippen LogP contribution in [-0.2, 0) is 17.8 Å². The van der Waals surface area contributed by atoms with E-state index in [0.29, 0.717) is 12.0 Å². The van der Waals surface area contributed by atoms with Crippen LogP contribution in [0.15, 0.2) is 48.5 Å². The minimum absolute atomic E-state index is 0.0944. The van der Waals surface area contributed by atoms with Crippen molar-refractivity contribution in [3.05, 3.63) is 71.0 Å². The smallest absolute Gasteiger partial charge is 0.255 e. The van der Waals surface area contributed by atoms with E-state index in [-0.39, 0.29) is 30.2 Å². The molecule has 1 aliphatic heterocycles. The highest BCUT2D eigenvalue weighted by Gasteiger charge is 2.47. The van der Waals surface area contributed by atoms with Crippen LogP contribution in [0.1, 0.15) is 73.4 Å². The molecule has 4 nitrogen and oxygen atoms in total. The maximum atomic E-state index is 13.6. The number of carbonyl (C=O) groups is 2. The molecule has 0 saturated heterocycles. The Morgan fingerprint density at radius 3 is 2.39 bits per heavy atom. The SMILES string of the molecule is CC1(C(=O)NC2CCCCCCC2)Cc2ccccc2C(=O)N1Cc1ccc(F)cc1. The molecule has 0 aromatic heterocycles. The molecule has 1 unspecified atom stereocenters. The lowest BCUT2D eigenvalue weighted by molar-refractivity contribution is -0.132. The van der Waals surface area contributed by atoms with Gasteiger partial charge in [0.15, 0.2) is 0 Å². The third kappa shape index (κ3) is 4.65. The van der Waals surface area contributed by atoms with Gasteiger partial charge in [0.05, 0.1) is 0 Å². The molecule has 1 atom stereocenters. The second-order valence-electron chi connectivity index (χ2n) is 9.14. The third-order valence-corrected chi connectivity index (χ3v) is 6.81. The van der Waals surface area contributed by atoms with Gasteiger partial charge in [0, 0.05) is 24.6 Å². The van der Waals surface area contributed by atoms with Crippen LogP contribution in [0.4, 0.5) is 4.39 Å². The van der Waals surface area contributed by atoms with E-state index in [1.165, 1.54) is 31.4 Å². The summed E-state index contributed by atoms with van der Waals surface area (Å²) in [6, 6.07) is 13.8. The lowest BCUT2D eigenvalue weighted by Gasteiger charge is -2.44. The van der Waals surface area contributed by atoms with Crippen LogP contribution in [0, 0.1) is 5.82 Å². The van der Waals surface area contributed by atoms with Gasteiger partial charge < -0.3 is 10.2 Å². The van der Waals surface area contributed by atoms with E-state index in [9.17, 15) is 14.0 Å². The summed E-state index contributed by atoms with van der Waals surface area (Å²) in [7, 11) is 0. The van der Waals surface area contributed by atoms with Crippen LogP contribution in [0.3, 0.4) is 0 Å². The van der Waals surface area contributed by atoms with Gasteiger partial charge in [-0.1, -0.05) is 62.4 Å². The fourth-order valence-corrected chi connectivity index (χ4v) is 4.88. The molecule has 2 aromatic rings. The summed E-state index contributed by atoms with van der Waals surface area (Å²) < 4.78 is 13.4. The molecule has 31 heavy (non-hydrogen) atoms. The first-order valence-electron chi connectivity index (χ1n) is 11.4. The normalized spacial score (nSPS) is 22.4. The van der Waals surface area contributed by atoms with Gasteiger partial charge >= 0.3 is 0 Å². The molecular weight excluding hydrogens is 391 g/mol. The summed E-state index contributed by atoms with van der Waals surface area (Å²) in [4.78, 5) is 28.8. The summed E-state index contributed by atoms with van der Waals surface area (Å²) in [5.74, 6) is -0.562. The monoisotopic (exact) mass is 422 g/mol. The summed E-state index contributed by atoms with van der Waals surface area (Å²) in [5.41, 5.74) is 1.35. The number of hydrogen-bond acceptors (Lipinski definition) is 2. The first-order valence-corrected chi connectivity index (χ1v) is 11.4. The van der Waals surface area contributed by atoms with E-state index in [2.05, 4.69) is 5.32 Å². The number of hydrogen-bond donors (Lipinski definition) is 1. The molecule has 1 aliphatic carbocycles. The fraction of sp³-hybridized carbons (Fsp3) is 0.462. The number of benzene rings is 2. The molecule has 164 valence electrons. The van der Waals surface area contributed by atoms with Crippen LogP contribution in [0.25, 0.3) is 0 Å². The van der Waals surface area contributed by atoms with Crippen molar-refractivity contribution >= 4 is 11.8 Å². The Labute approximate surface area is 183 Å². The number of halogens is 1. The van der Waals surface area contributed by atoms with Crippen LogP contribution in [0.5, 0.6) is 0 Å². The summed E-state index contributed by atoms with van der Waals surface area (Å²) in [6.07, 6.45) is 8.40. The molecule has 2 aliphatic rings. The molecule has 1 saturated carbocycles. The second kappa shape index (κ2) is 9.21. The number of amides is 2. The highest BCUT2D eigenvalue weighted by molar-refractivity contribution is 6.02. The van der Waals surface area contributed by atoms with Crippen molar-refractivity contribution in [3.63, 3.8) is 0 Å². The van der Waals surface area contributed by atoms with Crippen molar-refractivity contribution in [1.82, 2.24) is 10.2 Å². The van der Waals surface area contributed by atoms with E-state index in [0.717, 1.165) is 36.8 Å². The Morgan fingerprint density at radius 1 is 1.03 bits per heavy atom. The molecule has 0 spiro atoms. The van der Waals surface area contributed by atoms with Gasteiger partial charge in [0.25, 0.3) is 5.91 Å². The average molecular weight is 423 g/mol. The first kappa shape index (κ1) is 21.5. The standard InChI is InChI=1S/C26H31FN2O2/c1-26(25(31)28-22-10-5-3-2-4-6-11-22)17-20-9-7-8-12-23(20)24(30)29(26)18-19-13-15-21(27)16-14-19/h7-9,12-16,22H,2-6,10-11,17-18H2,1H3,(H,28,31). The van der Waals surface area contributed by atoms with E-state index < -0.39 is 5.54 Å². The topological polar surface area (TPSA) is 49.4 Å². The lowest BCUT2D eigenvalue weighted by Crippen LogP contribution is -2.63. The van der Waals surface area contributed by atoms with Crippen molar-refractivity contribution in [2.24, 2.45) is 0 Å². The predicted octanol–water partition coefficient (Wildman–Crippen LogP) is 5.01. The Morgan fingerprint density at radius 2 is 1.68 bits per heavy atom. The Kier molecular flexibility index (Phi) is 6.40. The summed E-state index contributed by atoms with van der Waals surface area (Å²) >= 11 is 0. The molecule has 0 bridgehead atoms. The predicted molar refractivity (Wildman–Crippen MR) is 119 cm³/mol. The average Bonchev–Trinajstić information content (AvgIpc) is 2.74.